The van der Waals surface area contributed by atoms with E-state index in [0.29, 0.717) is 5.02 Å². The van der Waals surface area contributed by atoms with Crippen molar-refractivity contribution < 1.29 is 5.11 Å². The monoisotopic (exact) mass is 298 g/mol. The second-order valence-corrected chi connectivity index (χ2v) is 5.82. The Morgan fingerprint density at radius 2 is 1.95 bits per heavy atom. The van der Waals surface area contributed by atoms with Crippen LogP contribution < -0.4 is 0 Å². The molecule has 0 atom stereocenters. The van der Waals surface area contributed by atoms with Crippen LogP contribution in [0.15, 0.2) is 52.3 Å². The molecule has 1 aliphatic rings. The van der Waals surface area contributed by atoms with Crippen molar-refractivity contribution in [1.29, 1.82) is 0 Å². The van der Waals surface area contributed by atoms with Gasteiger partial charge in [0.1, 0.15) is 6.61 Å². The molecule has 0 saturated heterocycles. The van der Waals surface area contributed by atoms with Crippen LogP contribution in [0.25, 0.3) is 11.6 Å². The van der Waals surface area contributed by atoms with E-state index in [-0.39, 0.29) is 6.61 Å². The van der Waals surface area contributed by atoms with E-state index in [9.17, 15) is 0 Å². The number of rotatable bonds is 0. The molecule has 3 heteroatoms. The van der Waals surface area contributed by atoms with E-state index in [1.54, 1.807) is 11.8 Å². The Bertz CT molecular complexity index is 753. The summed E-state index contributed by atoms with van der Waals surface area (Å²) in [6.45, 7) is -0.151. The Morgan fingerprint density at radius 3 is 2.80 bits per heavy atom. The molecule has 2 aromatic carbocycles. The molecular formula is C17H11ClOS. The van der Waals surface area contributed by atoms with Crippen molar-refractivity contribution in [3.63, 3.8) is 0 Å². The summed E-state index contributed by atoms with van der Waals surface area (Å²) in [6.07, 6.45) is 2.05. The third-order valence-electron chi connectivity index (χ3n) is 2.97. The summed E-state index contributed by atoms with van der Waals surface area (Å²) in [5.74, 6) is 5.75. The number of allylic oxidation sites excluding steroid dienone is 1. The quantitative estimate of drug-likeness (QED) is 0.730. The van der Waals surface area contributed by atoms with Crippen molar-refractivity contribution in [2.24, 2.45) is 0 Å². The zero-order chi connectivity index (χ0) is 13.9. The Morgan fingerprint density at radius 1 is 1.10 bits per heavy atom. The molecule has 0 aliphatic carbocycles. The van der Waals surface area contributed by atoms with Crippen molar-refractivity contribution in [2.45, 2.75) is 9.79 Å². The average molecular weight is 299 g/mol. The number of hydrogen-bond acceptors (Lipinski definition) is 2. The minimum absolute atomic E-state index is 0.151. The smallest absolute Gasteiger partial charge is 0.104 e. The van der Waals surface area contributed by atoms with E-state index in [1.807, 2.05) is 36.4 Å². The molecule has 1 nitrogen and oxygen atoms in total. The summed E-state index contributed by atoms with van der Waals surface area (Å²) >= 11 is 7.81. The number of aliphatic hydroxyl groups excluding tert-OH is 1. The van der Waals surface area contributed by atoms with Crippen LogP contribution in [0.2, 0.25) is 5.02 Å². The standard InChI is InChI=1S/C17H11ClOS/c18-14-7-8-17-15(11-14)12(5-3-9-19)10-13-4-1-2-6-16(13)20-17/h1-2,4,6-8,10-11,19H,9H2. The molecule has 0 radical (unpaired) electrons. The number of aliphatic hydroxyl groups is 1. The minimum Gasteiger partial charge on any atom is -0.384 e. The van der Waals surface area contributed by atoms with Crippen LogP contribution in [0.4, 0.5) is 0 Å². The molecule has 2 aromatic rings. The lowest BCUT2D eigenvalue weighted by atomic mass is 10.0. The lowest BCUT2D eigenvalue weighted by Crippen LogP contribution is -1.85. The van der Waals surface area contributed by atoms with Crippen LogP contribution in [0.5, 0.6) is 0 Å². The maximum atomic E-state index is 8.93. The van der Waals surface area contributed by atoms with Gasteiger partial charge in [0.25, 0.3) is 0 Å². The second kappa shape index (κ2) is 5.76. The van der Waals surface area contributed by atoms with E-state index < -0.39 is 0 Å². The molecule has 0 aromatic heterocycles. The highest BCUT2D eigenvalue weighted by molar-refractivity contribution is 7.99. The fraction of sp³-hybridized carbons (Fsp3) is 0.0588. The number of halogens is 1. The fourth-order valence-electron chi connectivity index (χ4n) is 2.08. The molecule has 0 saturated carbocycles. The highest BCUT2D eigenvalue weighted by atomic mass is 35.5. The van der Waals surface area contributed by atoms with Crippen LogP contribution in [0, 0.1) is 11.8 Å². The van der Waals surface area contributed by atoms with Crippen LogP contribution in [0.3, 0.4) is 0 Å². The maximum Gasteiger partial charge on any atom is 0.104 e. The van der Waals surface area contributed by atoms with Crippen LogP contribution in [-0.2, 0) is 0 Å². The molecule has 1 heterocycles. The topological polar surface area (TPSA) is 20.2 Å². The zero-order valence-corrected chi connectivity index (χ0v) is 12.1. The largest absolute Gasteiger partial charge is 0.384 e. The summed E-state index contributed by atoms with van der Waals surface area (Å²) in [4.78, 5) is 2.31. The normalized spacial score (nSPS) is 12.4. The summed E-state index contributed by atoms with van der Waals surface area (Å²) < 4.78 is 0. The molecule has 1 N–H and O–H groups in total. The third kappa shape index (κ3) is 2.62. The highest BCUT2D eigenvalue weighted by Crippen LogP contribution is 2.41. The highest BCUT2D eigenvalue weighted by Gasteiger charge is 2.15. The van der Waals surface area contributed by atoms with E-state index in [2.05, 4.69) is 24.0 Å². The van der Waals surface area contributed by atoms with Gasteiger partial charge in [-0.25, -0.2) is 0 Å². The number of hydrogen-bond donors (Lipinski definition) is 1. The van der Waals surface area contributed by atoms with Gasteiger partial charge < -0.3 is 5.11 Å². The first-order valence-electron chi connectivity index (χ1n) is 6.16. The Kier molecular flexibility index (Phi) is 3.84. The van der Waals surface area contributed by atoms with Gasteiger partial charge in [-0.3, -0.25) is 0 Å². The van der Waals surface area contributed by atoms with Crippen LogP contribution in [0.1, 0.15) is 11.1 Å². The van der Waals surface area contributed by atoms with E-state index in [1.165, 1.54) is 4.90 Å². The first-order chi connectivity index (χ1) is 9.78. The van der Waals surface area contributed by atoms with Gasteiger partial charge >= 0.3 is 0 Å². The van der Waals surface area contributed by atoms with Gasteiger partial charge in [-0.05, 0) is 35.9 Å². The van der Waals surface area contributed by atoms with Crippen molar-refractivity contribution in [1.82, 2.24) is 0 Å². The summed E-state index contributed by atoms with van der Waals surface area (Å²) in [5.41, 5.74) is 3.03. The van der Waals surface area contributed by atoms with Gasteiger partial charge in [0.15, 0.2) is 0 Å². The minimum atomic E-state index is -0.151. The molecular weight excluding hydrogens is 288 g/mol. The fourth-order valence-corrected chi connectivity index (χ4v) is 3.30. The van der Waals surface area contributed by atoms with Gasteiger partial charge in [-0.1, -0.05) is 53.4 Å². The van der Waals surface area contributed by atoms with Crippen LogP contribution >= 0.6 is 23.4 Å². The summed E-state index contributed by atoms with van der Waals surface area (Å²) in [6, 6.07) is 14.0. The average Bonchev–Trinajstić information content (AvgIpc) is 2.61. The Hall–Kier alpha value is -1.66. The van der Waals surface area contributed by atoms with Crippen molar-refractivity contribution >= 4 is 35.0 Å². The maximum absolute atomic E-state index is 8.93. The lowest BCUT2D eigenvalue weighted by molar-refractivity contribution is 0.350. The van der Waals surface area contributed by atoms with E-state index in [0.717, 1.165) is 21.6 Å². The predicted octanol–water partition coefficient (Wildman–Crippen LogP) is 4.34. The SMILES string of the molecule is OCC#CC1=Cc2ccccc2Sc2ccc(Cl)cc21. The molecule has 0 unspecified atom stereocenters. The first-order valence-corrected chi connectivity index (χ1v) is 7.35. The Balaban J connectivity index is 2.24. The number of benzene rings is 2. The van der Waals surface area contributed by atoms with Gasteiger partial charge in [0, 0.05) is 26.0 Å². The summed E-state index contributed by atoms with van der Waals surface area (Å²) in [7, 11) is 0. The van der Waals surface area contributed by atoms with Crippen molar-refractivity contribution in [2.75, 3.05) is 6.61 Å². The molecule has 1 aliphatic heterocycles. The third-order valence-corrected chi connectivity index (χ3v) is 4.38. The molecule has 98 valence electrons. The molecule has 20 heavy (non-hydrogen) atoms. The van der Waals surface area contributed by atoms with Gasteiger partial charge in [0.2, 0.25) is 0 Å². The van der Waals surface area contributed by atoms with Crippen molar-refractivity contribution in [3.05, 3.63) is 58.6 Å². The van der Waals surface area contributed by atoms with Gasteiger partial charge in [0.05, 0.1) is 0 Å². The molecule has 0 fully saturated rings. The predicted molar refractivity (Wildman–Crippen MR) is 84.7 cm³/mol. The second-order valence-electron chi connectivity index (χ2n) is 4.30. The number of fused-ring (bicyclic) bond motifs is 2. The van der Waals surface area contributed by atoms with E-state index in [4.69, 9.17) is 16.7 Å². The lowest BCUT2D eigenvalue weighted by Gasteiger charge is -2.06. The molecule has 0 spiro atoms. The first kappa shape index (κ1) is 13.3. The molecule has 3 rings (SSSR count). The van der Waals surface area contributed by atoms with E-state index >= 15 is 0 Å². The van der Waals surface area contributed by atoms with Gasteiger partial charge in [-0.15, -0.1) is 0 Å². The zero-order valence-electron chi connectivity index (χ0n) is 10.6. The molecule has 0 amide bonds. The molecule has 0 bridgehead atoms. The van der Waals surface area contributed by atoms with Crippen LogP contribution in [-0.4, -0.2) is 11.7 Å². The summed E-state index contributed by atoms with van der Waals surface area (Å²) in [5, 5.41) is 9.62. The van der Waals surface area contributed by atoms with Crippen molar-refractivity contribution in [3.8, 4) is 11.8 Å². The Labute approximate surface area is 127 Å². The van der Waals surface area contributed by atoms with Gasteiger partial charge in [-0.2, -0.15) is 0 Å².